The van der Waals surface area contributed by atoms with Crippen molar-refractivity contribution in [3.05, 3.63) is 76.1 Å². The summed E-state index contributed by atoms with van der Waals surface area (Å²) < 4.78 is 1.64. The summed E-state index contributed by atoms with van der Waals surface area (Å²) in [5.41, 5.74) is 1.67. The van der Waals surface area contributed by atoms with Crippen molar-refractivity contribution in [3.63, 3.8) is 0 Å². The molecule has 2 aromatic carbocycles. The van der Waals surface area contributed by atoms with E-state index < -0.39 is 10.8 Å². The number of amides is 1. The van der Waals surface area contributed by atoms with E-state index in [2.05, 4.69) is 10.4 Å². The van der Waals surface area contributed by atoms with Crippen LogP contribution < -0.4 is 5.32 Å². The molecular formula is C19H18N4O3S. The fraction of sp³-hybridized carbons (Fsp3) is 0.158. The topological polar surface area (TPSA) is 90.1 Å². The Morgan fingerprint density at radius 1 is 1.19 bits per heavy atom. The van der Waals surface area contributed by atoms with Crippen LogP contribution in [0.5, 0.6) is 0 Å². The maximum absolute atomic E-state index is 12.4. The zero-order valence-corrected chi connectivity index (χ0v) is 15.7. The predicted octanol–water partition coefficient (Wildman–Crippen LogP) is 4.52. The van der Waals surface area contributed by atoms with Gasteiger partial charge < -0.3 is 5.32 Å². The fourth-order valence-electron chi connectivity index (χ4n) is 2.42. The normalized spacial score (nSPS) is 10.6. The van der Waals surface area contributed by atoms with E-state index in [0.717, 1.165) is 10.5 Å². The third kappa shape index (κ3) is 4.73. The second-order valence-corrected chi connectivity index (χ2v) is 7.05. The van der Waals surface area contributed by atoms with Gasteiger partial charge in [0, 0.05) is 40.4 Å². The van der Waals surface area contributed by atoms with Crippen molar-refractivity contribution in [2.45, 2.75) is 30.2 Å². The van der Waals surface area contributed by atoms with Gasteiger partial charge in [-0.25, -0.2) is 0 Å². The zero-order valence-electron chi connectivity index (χ0n) is 14.9. The van der Waals surface area contributed by atoms with E-state index in [1.165, 1.54) is 23.9 Å². The molecule has 138 valence electrons. The van der Waals surface area contributed by atoms with E-state index in [0.29, 0.717) is 17.1 Å². The van der Waals surface area contributed by atoms with Crippen LogP contribution in [0.4, 0.5) is 11.4 Å². The summed E-state index contributed by atoms with van der Waals surface area (Å²) in [5, 5.41) is 18.1. The van der Waals surface area contributed by atoms with Crippen molar-refractivity contribution >= 4 is 29.0 Å². The molecular weight excluding hydrogens is 364 g/mol. The highest BCUT2D eigenvalue weighted by molar-refractivity contribution is 7.99. The third-order valence-electron chi connectivity index (χ3n) is 3.81. The van der Waals surface area contributed by atoms with Crippen molar-refractivity contribution in [2.75, 3.05) is 5.32 Å². The summed E-state index contributed by atoms with van der Waals surface area (Å²) in [6.45, 7) is 4.57. The number of aryl methyl sites for hydroxylation is 2. The van der Waals surface area contributed by atoms with Gasteiger partial charge in [0.05, 0.1) is 4.92 Å². The predicted molar refractivity (Wildman–Crippen MR) is 104 cm³/mol. The highest BCUT2D eigenvalue weighted by atomic mass is 32.2. The van der Waals surface area contributed by atoms with Gasteiger partial charge in [0.2, 0.25) is 0 Å². The molecule has 0 saturated carbocycles. The van der Waals surface area contributed by atoms with E-state index in [9.17, 15) is 14.9 Å². The van der Waals surface area contributed by atoms with E-state index in [1.807, 2.05) is 38.1 Å². The molecule has 7 nitrogen and oxygen atoms in total. The highest BCUT2D eigenvalue weighted by Crippen LogP contribution is 2.33. The molecule has 0 fully saturated rings. The molecule has 0 aliphatic carbocycles. The lowest BCUT2D eigenvalue weighted by Gasteiger charge is -2.07. The van der Waals surface area contributed by atoms with Gasteiger partial charge in [-0.15, -0.1) is 0 Å². The van der Waals surface area contributed by atoms with Crippen LogP contribution >= 0.6 is 11.8 Å². The molecule has 3 aromatic rings. The Balaban J connectivity index is 1.85. The largest absolute Gasteiger partial charge is 0.320 e. The molecule has 1 heterocycles. The molecule has 1 aromatic heterocycles. The molecule has 1 N–H and O–H groups in total. The first-order valence-electron chi connectivity index (χ1n) is 8.33. The smallest absolute Gasteiger partial charge is 0.276 e. The quantitative estimate of drug-likeness (QED) is 0.500. The molecule has 8 heteroatoms. The minimum Gasteiger partial charge on any atom is -0.320 e. The Labute approximate surface area is 160 Å². The van der Waals surface area contributed by atoms with Crippen molar-refractivity contribution in [2.24, 2.45) is 0 Å². The van der Waals surface area contributed by atoms with Gasteiger partial charge in [-0.1, -0.05) is 29.5 Å². The maximum atomic E-state index is 12.4. The van der Waals surface area contributed by atoms with E-state index in [-0.39, 0.29) is 11.4 Å². The Morgan fingerprint density at radius 2 is 1.93 bits per heavy atom. The lowest BCUT2D eigenvalue weighted by atomic mass is 10.2. The number of non-ortho nitro benzene ring substituents is 1. The summed E-state index contributed by atoms with van der Waals surface area (Å²) in [5.74, 6) is -0.408. The number of nitrogens with zero attached hydrogens (tertiary/aromatic N) is 3. The molecule has 0 atom stereocenters. The van der Waals surface area contributed by atoms with Gasteiger partial charge in [-0.05, 0) is 38.1 Å². The number of carbonyl (C=O) groups is 1. The molecule has 0 spiro atoms. The molecule has 3 rings (SSSR count). The van der Waals surface area contributed by atoms with Gasteiger partial charge in [-0.3, -0.25) is 19.6 Å². The number of nitro benzene ring substituents is 1. The number of hydrogen-bond donors (Lipinski definition) is 1. The van der Waals surface area contributed by atoms with Crippen molar-refractivity contribution in [1.29, 1.82) is 0 Å². The molecule has 0 aliphatic rings. The van der Waals surface area contributed by atoms with Gasteiger partial charge in [-0.2, -0.15) is 5.10 Å². The molecule has 0 unspecified atom stereocenters. The second-order valence-electron chi connectivity index (χ2n) is 5.90. The van der Waals surface area contributed by atoms with Crippen LogP contribution in [0.1, 0.15) is 23.0 Å². The minimum atomic E-state index is -0.472. The first-order valence-corrected chi connectivity index (χ1v) is 9.15. The number of aromatic nitrogens is 2. The number of benzene rings is 2. The average Bonchev–Trinajstić information content (AvgIpc) is 3.13. The lowest BCUT2D eigenvalue weighted by Crippen LogP contribution is -2.13. The first-order chi connectivity index (χ1) is 12.9. The van der Waals surface area contributed by atoms with Crippen LogP contribution in [0.25, 0.3) is 0 Å². The third-order valence-corrected chi connectivity index (χ3v) is 4.79. The number of rotatable bonds is 6. The zero-order chi connectivity index (χ0) is 19.4. The van der Waals surface area contributed by atoms with E-state index in [1.54, 1.807) is 23.0 Å². The molecule has 0 aliphatic heterocycles. The number of nitro groups is 1. The van der Waals surface area contributed by atoms with E-state index >= 15 is 0 Å². The van der Waals surface area contributed by atoms with Crippen molar-refractivity contribution in [3.8, 4) is 0 Å². The average molecular weight is 382 g/mol. The Bertz CT molecular complexity index is 983. The molecule has 27 heavy (non-hydrogen) atoms. The van der Waals surface area contributed by atoms with Crippen molar-refractivity contribution < 1.29 is 9.72 Å². The summed E-state index contributed by atoms with van der Waals surface area (Å²) in [6.07, 6.45) is 1.71. The van der Waals surface area contributed by atoms with Crippen LogP contribution in [0.2, 0.25) is 0 Å². The van der Waals surface area contributed by atoms with E-state index in [4.69, 9.17) is 0 Å². The first kappa shape index (κ1) is 18.7. The van der Waals surface area contributed by atoms with Crippen LogP contribution in [-0.4, -0.2) is 20.6 Å². The number of anilines is 1. The SMILES string of the molecule is CCn1ccc(C(=O)Nc2cc(Sc3ccc(C)cc3)cc([N+](=O)[O-])c2)n1. The number of nitrogens with one attached hydrogen (secondary N) is 1. The van der Waals surface area contributed by atoms with Crippen LogP contribution in [0.15, 0.2) is 64.5 Å². The summed E-state index contributed by atoms with van der Waals surface area (Å²) in [4.78, 5) is 24.8. The molecule has 0 bridgehead atoms. The summed E-state index contributed by atoms with van der Waals surface area (Å²) in [6, 6.07) is 14.0. The Morgan fingerprint density at radius 3 is 2.56 bits per heavy atom. The number of hydrogen-bond acceptors (Lipinski definition) is 5. The molecule has 0 saturated heterocycles. The van der Waals surface area contributed by atoms with Gasteiger partial charge >= 0.3 is 0 Å². The summed E-state index contributed by atoms with van der Waals surface area (Å²) >= 11 is 1.40. The summed E-state index contributed by atoms with van der Waals surface area (Å²) in [7, 11) is 0. The molecule has 1 amide bonds. The van der Waals surface area contributed by atoms with Crippen LogP contribution in [0.3, 0.4) is 0 Å². The van der Waals surface area contributed by atoms with Crippen LogP contribution in [-0.2, 0) is 6.54 Å². The number of carbonyl (C=O) groups excluding carboxylic acids is 1. The monoisotopic (exact) mass is 382 g/mol. The van der Waals surface area contributed by atoms with Gasteiger partial charge in [0.25, 0.3) is 11.6 Å². The maximum Gasteiger partial charge on any atom is 0.276 e. The Hall–Kier alpha value is -3.13. The molecule has 0 radical (unpaired) electrons. The highest BCUT2D eigenvalue weighted by Gasteiger charge is 2.15. The van der Waals surface area contributed by atoms with Gasteiger partial charge in [0.15, 0.2) is 5.69 Å². The lowest BCUT2D eigenvalue weighted by molar-refractivity contribution is -0.385. The Kier molecular flexibility index (Phi) is 5.56. The van der Waals surface area contributed by atoms with Gasteiger partial charge in [0.1, 0.15) is 0 Å². The van der Waals surface area contributed by atoms with Crippen molar-refractivity contribution in [1.82, 2.24) is 9.78 Å². The van der Waals surface area contributed by atoms with Crippen LogP contribution in [0, 0.1) is 17.0 Å². The fourth-order valence-corrected chi connectivity index (χ4v) is 3.33. The minimum absolute atomic E-state index is 0.0819. The second kappa shape index (κ2) is 8.05. The standard InChI is InChI=1S/C19H18N4O3S/c1-3-22-9-8-18(21-22)19(24)20-14-10-15(23(25)26)12-17(11-14)27-16-6-4-13(2)5-7-16/h4-12H,3H2,1-2H3,(H,20,24).